The van der Waals surface area contributed by atoms with Crippen LogP contribution in [0.2, 0.25) is 0 Å². The van der Waals surface area contributed by atoms with E-state index in [2.05, 4.69) is 10.6 Å². The molecule has 190 valence electrons. The number of nitrogens with one attached hydrogen (secondary N) is 2. The minimum Gasteiger partial charge on any atom is -0.333 e. The van der Waals surface area contributed by atoms with Crippen LogP contribution >= 0.6 is 0 Å². The predicted molar refractivity (Wildman–Crippen MR) is 132 cm³/mol. The molecule has 2 atom stereocenters. The molecule has 3 aromatic rings. The normalized spacial score (nSPS) is 19.9. The number of anilines is 1. The van der Waals surface area contributed by atoms with Crippen molar-refractivity contribution in [2.45, 2.75) is 50.2 Å². The van der Waals surface area contributed by atoms with Crippen molar-refractivity contribution >= 4 is 11.8 Å². The Morgan fingerprint density at radius 3 is 2.44 bits per heavy atom. The third-order valence-corrected chi connectivity index (χ3v) is 7.01. The summed E-state index contributed by atoms with van der Waals surface area (Å²) in [5.74, 6) is 0.676. The van der Waals surface area contributed by atoms with Gasteiger partial charge in [0.25, 0.3) is 0 Å². The number of aromatic nitrogens is 2. The molecule has 1 aromatic heterocycles. The number of fused-ring (bicyclic) bond motifs is 1. The summed E-state index contributed by atoms with van der Waals surface area (Å²) in [5, 5.41) is 10.9. The standard InChI is InChI=1S/C27H30F3N5O/c28-27(29,30)15-8-16-34-17-22(19-9-3-1-4-10-19)24(18-34)31-26(36)32-25-21-13-7-14-23(21)33-35(25)20-11-5-2-6-12-20/h1-6,9-12,22,24H,7-8,13-18H2,(H2,31,32,36)/t22-,24?/m0/s1. The van der Waals surface area contributed by atoms with Crippen molar-refractivity contribution in [3.8, 4) is 5.69 Å². The maximum Gasteiger partial charge on any atom is 0.389 e. The van der Waals surface area contributed by atoms with E-state index in [0.29, 0.717) is 25.5 Å². The summed E-state index contributed by atoms with van der Waals surface area (Å²) in [6, 6.07) is 19.0. The lowest BCUT2D eigenvalue weighted by Gasteiger charge is -2.21. The van der Waals surface area contributed by atoms with Gasteiger partial charge in [-0.3, -0.25) is 5.32 Å². The smallest absolute Gasteiger partial charge is 0.333 e. The van der Waals surface area contributed by atoms with Crippen LogP contribution in [0.5, 0.6) is 0 Å². The number of urea groups is 1. The molecule has 2 N–H and O–H groups in total. The van der Waals surface area contributed by atoms with Crippen LogP contribution in [0, 0.1) is 0 Å². The number of nitrogens with zero attached hydrogens (tertiary/aromatic N) is 3. The summed E-state index contributed by atoms with van der Waals surface area (Å²) in [6.45, 7) is 1.45. The maximum atomic E-state index is 13.2. The highest BCUT2D eigenvalue weighted by Gasteiger charge is 2.36. The molecule has 2 heterocycles. The van der Waals surface area contributed by atoms with Crippen molar-refractivity contribution in [3.05, 3.63) is 77.5 Å². The first kappa shape index (κ1) is 24.4. The SMILES string of the molecule is O=C(Nc1c2c(nn1-c1ccccc1)CCC2)NC1CN(CCCC(F)(F)F)C[C@H]1c1ccccc1. The number of likely N-dealkylation sites (tertiary alicyclic amines) is 1. The number of halogens is 3. The van der Waals surface area contributed by atoms with Gasteiger partial charge in [-0.2, -0.15) is 18.3 Å². The monoisotopic (exact) mass is 497 g/mol. The molecule has 0 spiro atoms. The molecular weight excluding hydrogens is 467 g/mol. The van der Waals surface area contributed by atoms with Crippen molar-refractivity contribution in [3.63, 3.8) is 0 Å². The van der Waals surface area contributed by atoms with Crippen molar-refractivity contribution < 1.29 is 18.0 Å². The molecule has 2 aliphatic rings. The van der Waals surface area contributed by atoms with E-state index >= 15 is 0 Å². The highest BCUT2D eigenvalue weighted by molar-refractivity contribution is 5.90. The average Bonchev–Trinajstić information content (AvgIpc) is 3.56. The zero-order valence-electron chi connectivity index (χ0n) is 20.0. The van der Waals surface area contributed by atoms with E-state index in [1.54, 1.807) is 4.68 Å². The predicted octanol–water partition coefficient (Wildman–Crippen LogP) is 5.29. The maximum absolute atomic E-state index is 13.2. The fourth-order valence-electron chi connectivity index (χ4n) is 5.34. The average molecular weight is 498 g/mol. The number of para-hydroxylation sites is 1. The Hall–Kier alpha value is -3.33. The van der Waals surface area contributed by atoms with E-state index in [9.17, 15) is 18.0 Å². The number of benzene rings is 2. The van der Waals surface area contributed by atoms with Gasteiger partial charge in [-0.15, -0.1) is 0 Å². The molecule has 2 amide bonds. The Morgan fingerprint density at radius 1 is 1.00 bits per heavy atom. The number of hydrogen-bond donors (Lipinski definition) is 2. The van der Waals surface area contributed by atoms with Gasteiger partial charge in [0.05, 0.1) is 17.4 Å². The summed E-state index contributed by atoms with van der Waals surface area (Å²) in [7, 11) is 0. The van der Waals surface area contributed by atoms with Crippen LogP contribution < -0.4 is 10.6 Å². The van der Waals surface area contributed by atoms with Gasteiger partial charge in [0, 0.05) is 31.0 Å². The second-order valence-electron chi connectivity index (χ2n) is 9.58. The van der Waals surface area contributed by atoms with Gasteiger partial charge in [-0.25, -0.2) is 9.48 Å². The van der Waals surface area contributed by atoms with Crippen molar-refractivity contribution in [2.24, 2.45) is 0 Å². The first-order valence-corrected chi connectivity index (χ1v) is 12.4. The van der Waals surface area contributed by atoms with Crippen LogP contribution in [0.4, 0.5) is 23.8 Å². The number of carbonyl (C=O) groups is 1. The number of rotatable bonds is 7. The van der Waals surface area contributed by atoms with Crippen molar-refractivity contribution in [1.29, 1.82) is 0 Å². The van der Waals surface area contributed by atoms with Crippen LogP contribution in [-0.2, 0) is 12.8 Å². The molecule has 0 bridgehead atoms. The van der Waals surface area contributed by atoms with Gasteiger partial charge in [0.1, 0.15) is 5.82 Å². The summed E-state index contributed by atoms with van der Waals surface area (Å²) >= 11 is 0. The van der Waals surface area contributed by atoms with E-state index < -0.39 is 12.6 Å². The summed E-state index contributed by atoms with van der Waals surface area (Å²) in [5.41, 5.74) is 4.01. The zero-order valence-corrected chi connectivity index (χ0v) is 20.0. The number of carbonyl (C=O) groups excluding carboxylic acids is 1. The number of amides is 2. The Balaban J connectivity index is 1.31. The lowest BCUT2D eigenvalue weighted by Crippen LogP contribution is -2.42. The number of hydrogen-bond acceptors (Lipinski definition) is 3. The van der Waals surface area contributed by atoms with Gasteiger partial charge in [0.15, 0.2) is 0 Å². The van der Waals surface area contributed by atoms with Crippen LogP contribution in [0.25, 0.3) is 5.69 Å². The zero-order chi connectivity index (χ0) is 25.1. The molecule has 1 aliphatic heterocycles. The molecular formula is C27H30F3N5O. The largest absolute Gasteiger partial charge is 0.389 e. The van der Waals surface area contributed by atoms with Gasteiger partial charge >= 0.3 is 12.2 Å². The molecule has 1 saturated heterocycles. The van der Waals surface area contributed by atoms with E-state index in [0.717, 1.165) is 41.8 Å². The first-order valence-electron chi connectivity index (χ1n) is 12.4. The van der Waals surface area contributed by atoms with Crippen molar-refractivity contribution in [1.82, 2.24) is 20.0 Å². The number of alkyl halides is 3. The highest BCUT2D eigenvalue weighted by Crippen LogP contribution is 2.32. The Kier molecular flexibility index (Phi) is 7.00. The van der Waals surface area contributed by atoms with Gasteiger partial charge in [-0.05, 0) is 49.9 Å². The summed E-state index contributed by atoms with van der Waals surface area (Å²) in [6.07, 6.45) is -2.15. The van der Waals surface area contributed by atoms with E-state index in [1.165, 1.54) is 0 Å². The molecule has 2 aromatic carbocycles. The van der Waals surface area contributed by atoms with Crippen LogP contribution in [0.3, 0.4) is 0 Å². The van der Waals surface area contributed by atoms with Crippen LogP contribution in [-0.4, -0.2) is 52.6 Å². The lowest BCUT2D eigenvalue weighted by molar-refractivity contribution is -0.136. The Bertz CT molecular complexity index is 1180. The third kappa shape index (κ3) is 5.56. The molecule has 36 heavy (non-hydrogen) atoms. The summed E-state index contributed by atoms with van der Waals surface area (Å²) in [4.78, 5) is 15.3. The molecule has 1 fully saturated rings. The minimum atomic E-state index is -4.15. The number of aryl methyl sites for hydroxylation is 1. The van der Waals surface area contributed by atoms with E-state index in [-0.39, 0.29) is 24.4 Å². The van der Waals surface area contributed by atoms with Crippen LogP contribution in [0.1, 0.15) is 42.0 Å². The fourth-order valence-corrected chi connectivity index (χ4v) is 5.34. The topological polar surface area (TPSA) is 62.2 Å². The van der Waals surface area contributed by atoms with Gasteiger partial charge in [-0.1, -0.05) is 48.5 Å². The van der Waals surface area contributed by atoms with E-state index in [1.807, 2.05) is 65.6 Å². The summed E-state index contributed by atoms with van der Waals surface area (Å²) < 4.78 is 39.8. The lowest BCUT2D eigenvalue weighted by atomic mass is 9.94. The first-order chi connectivity index (χ1) is 17.4. The minimum absolute atomic E-state index is 0.00687. The molecule has 0 radical (unpaired) electrons. The highest BCUT2D eigenvalue weighted by atomic mass is 19.4. The Morgan fingerprint density at radius 2 is 1.72 bits per heavy atom. The molecule has 6 nitrogen and oxygen atoms in total. The third-order valence-electron chi connectivity index (χ3n) is 7.01. The quantitative estimate of drug-likeness (QED) is 0.466. The second kappa shape index (κ2) is 10.3. The van der Waals surface area contributed by atoms with Crippen molar-refractivity contribution in [2.75, 3.05) is 25.0 Å². The molecule has 5 rings (SSSR count). The molecule has 0 saturated carbocycles. The van der Waals surface area contributed by atoms with Gasteiger partial charge < -0.3 is 10.2 Å². The Labute approximate surface area is 208 Å². The molecule has 9 heteroatoms. The van der Waals surface area contributed by atoms with Gasteiger partial charge in [0.2, 0.25) is 0 Å². The van der Waals surface area contributed by atoms with E-state index in [4.69, 9.17) is 5.10 Å². The molecule has 1 aliphatic carbocycles. The fraction of sp³-hybridized carbons (Fsp3) is 0.407. The molecule has 1 unspecified atom stereocenters. The van der Waals surface area contributed by atoms with Crippen LogP contribution in [0.15, 0.2) is 60.7 Å². The second-order valence-corrected chi connectivity index (χ2v) is 9.58.